The summed E-state index contributed by atoms with van der Waals surface area (Å²) in [4.78, 5) is 24.6. The van der Waals surface area contributed by atoms with E-state index in [9.17, 15) is 14.0 Å². The molecule has 0 aliphatic carbocycles. The monoisotopic (exact) mass is 336 g/mol. The highest BCUT2D eigenvalue weighted by Crippen LogP contribution is 2.25. The van der Waals surface area contributed by atoms with Gasteiger partial charge in [-0.1, -0.05) is 0 Å². The van der Waals surface area contributed by atoms with Crippen LogP contribution in [0.1, 0.15) is 29.8 Å². The average Bonchev–Trinajstić information content (AvgIpc) is 2.54. The first-order valence-corrected chi connectivity index (χ1v) is 7.74. The van der Waals surface area contributed by atoms with Crippen molar-refractivity contribution in [1.82, 2.24) is 10.2 Å². The molecule has 0 aromatic heterocycles. The van der Waals surface area contributed by atoms with Crippen molar-refractivity contribution < 1.29 is 23.8 Å². The standard InChI is InChI=1S/C17H21FN2O4/c1-11(2)20-6-5-13-7-14(3-4-15(13)16(20)21)24-10-12(8-18)9-19-17(22)23/h3-4,7-8,11,19H,5-6,9-10H2,1-2H3,(H,22,23). The Bertz CT molecular complexity index is 658. The average molecular weight is 336 g/mol. The fraction of sp³-hybridized carbons (Fsp3) is 0.412. The summed E-state index contributed by atoms with van der Waals surface area (Å²) in [6.07, 6.45) is -0.155. The van der Waals surface area contributed by atoms with Gasteiger partial charge in [0.2, 0.25) is 0 Å². The Morgan fingerprint density at radius 3 is 2.88 bits per heavy atom. The highest BCUT2D eigenvalue weighted by molar-refractivity contribution is 5.97. The van der Waals surface area contributed by atoms with Crippen molar-refractivity contribution in [2.45, 2.75) is 26.3 Å². The quantitative estimate of drug-likeness (QED) is 0.837. The van der Waals surface area contributed by atoms with Gasteiger partial charge in [-0.2, -0.15) is 0 Å². The molecule has 24 heavy (non-hydrogen) atoms. The molecule has 0 saturated carbocycles. The van der Waals surface area contributed by atoms with Gasteiger partial charge in [0.15, 0.2) is 0 Å². The van der Waals surface area contributed by atoms with Crippen molar-refractivity contribution in [2.24, 2.45) is 0 Å². The molecule has 2 N–H and O–H groups in total. The largest absolute Gasteiger partial charge is 0.489 e. The molecule has 0 radical (unpaired) electrons. The summed E-state index contributed by atoms with van der Waals surface area (Å²) >= 11 is 0. The molecule has 0 fully saturated rings. The van der Waals surface area contributed by atoms with E-state index in [0.29, 0.717) is 24.2 Å². The van der Waals surface area contributed by atoms with Crippen LogP contribution in [0, 0.1) is 0 Å². The van der Waals surface area contributed by atoms with Crippen molar-refractivity contribution in [1.29, 1.82) is 0 Å². The van der Waals surface area contributed by atoms with E-state index in [4.69, 9.17) is 9.84 Å². The number of fused-ring (bicyclic) bond motifs is 1. The van der Waals surface area contributed by atoms with Gasteiger partial charge in [0.05, 0.1) is 6.33 Å². The molecule has 1 aromatic carbocycles. The van der Waals surface area contributed by atoms with Gasteiger partial charge >= 0.3 is 6.09 Å². The predicted molar refractivity (Wildman–Crippen MR) is 87.0 cm³/mol. The Balaban J connectivity index is 2.02. The molecule has 0 saturated heterocycles. The third kappa shape index (κ3) is 4.24. The SMILES string of the molecule is CC(C)N1CCc2cc(OCC(=CF)CNC(=O)O)ccc2C1=O. The van der Waals surface area contributed by atoms with Crippen LogP contribution in [0.5, 0.6) is 5.75 Å². The van der Waals surface area contributed by atoms with Gasteiger partial charge in [-0.15, -0.1) is 0 Å². The van der Waals surface area contributed by atoms with Gasteiger partial charge in [0, 0.05) is 30.3 Å². The number of halogens is 1. The zero-order chi connectivity index (χ0) is 17.7. The molecule has 130 valence electrons. The van der Waals surface area contributed by atoms with E-state index in [1.54, 1.807) is 18.2 Å². The molecular formula is C17H21FN2O4. The van der Waals surface area contributed by atoms with Crippen molar-refractivity contribution >= 4 is 12.0 Å². The number of benzene rings is 1. The van der Waals surface area contributed by atoms with Gasteiger partial charge in [-0.3, -0.25) is 4.79 Å². The lowest BCUT2D eigenvalue weighted by Gasteiger charge is -2.32. The fourth-order valence-corrected chi connectivity index (χ4v) is 2.55. The number of ether oxygens (including phenoxy) is 1. The second kappa shape index (κ2) is 7.81. The van der Waals surface area contributed by atoms with Crippen molar-refractivity contribution in [2.75, 3.05) is 19.7 Å². The van der Waals surface area contributed by atoms with Crippen LogP contribution in [0.15, 0.2) is 30.1 Å². The lowest BCUT2D eigenvalue weighted by molar-refractivity contribution is 0.0688. The van der Waals surface area contributed by atoms with Gasteiger partial charge in [-0.05, 0) is 44.0 Å². The number of hydrogen-bond donors (Lipinski definition) is 2. The van der Waals surface area contributed by atoms with Crippen LogP contribution in [0.3, 0.4) is 0 Å². The fourth-order valence-electron chi connectivity index (χ4n) is 2.55. The molecule has 1 heterocycles. The smallest absolute Gasteiger partial charge is 0.404 e. The highest BCUT2D eigenvalue weighted by Gasteiger charge is 2.26. The van der Waals surface area contributed by atoms with Crippen molar-refractivity contribution in [3.05, 3.63) is 41.2 Å². The van der Waals surface area contributed by atoms with E-state index >= 15 is 0 Å². The Labute approximate surface area is 139 Å². The number of nitrogens with one attached hydrogen (secondary N) is 1. The molecule has 2 rings (SSSR count). The molecular weight excluding hydrogens is 315 g/mol. The van der Waals surface area contributed by atoms with Gasteiger partial charge in [-0.25, -0.2) is 9.18 Å². The van der Waals surface area contributed by atoms with Gasteiger partial charge in [0.25, 0.3) is 5.91 Å². The predicted octanol–water partition coefficient (Wildman–Crippen LogP) is 2.59. The minimum Gasteiger partial charge on any atom is -0.489 e. The van der Waals surface area contributed by atoms with Gasteiger partial charge < -0.3 is 20.1 Å². The zero-order valence-electron chi connectivity index (χ0n) is 13.7. The van der Waals surface area contributed by atoms with E-state index in [0.717, 1.165) is 12.0 Å². The molecule has 0 atom stereocenters. The Morgan fingerprint density at radius 1 is 1.50 bits per heavy atom. The molecule has 1 aromatic rings. The van der Waals surface area contributed by atoms with E-state index in [2.05, 4.69) is 5.32 Å². The summed E-state index contributed by atoms with van der Waals surface area (Å²) < 4.78 is 18.2. The maximum atomic E-state index is 12.7. The first-order chi connectivity index (χ1) is 11.4. The van der Waals surface area contributed by atoms with Crippen LogP contribution in [0.2, 0.25) is 0 Å². The zero-order valence-corrected chi connectivity index (χ0v) is 13.7. The number of amides is 2. The molecule has 7 heteroatoms. The van der Waals surface area contributed by atoms with Gasteiger partial charge in [0.1, 0.15) is 12.4 Å². The summed E-state index contributed by atoms with van der Waals surface area (Å²) in [7, 11) is 0. The highest BCUT2D eigenvalue weighted by atomic mass is 19.1. The summed E-state index contributed by atoms with van der Waals surface area (Å²) in [5.41, 5.74) is 1.75. The molecule has 1 aliphatic rings. The van der Waals surface area contributed by atoms with Crippen molar-refractivity contribution in [3.63, 3.8) is 0 Å². The number of hydrogen-bond acceptors (Lipinski definition) is 3. The van der Waals surface area contributed by atoms with E-state index in [1.165, 1.54) is 0 Å². The first kappa shape index (κ1) is 17.8. The summed E-state index contributed by atoms with van der Waals surface area (Å²) in [6.45, 7) is 4.41. The lowest BCUT2D eigenvalue weighted by Crippen LogP contribution is -2.42. The number of nitrogens with zero attached hydrogens (tertiary/aromatic N) is 1. The third-order valence-electron chi connectivity index (χ3n) is 3.86. The van der Waals surface area contributed by atoms with Crippen LogP contribution in [-0.2, 0) is 6.42 Å². The minimum absolute atomic E-state index is 0.00722. The molecule has 0 bridgehead atoms. The molecule has 0 unspecified atom stereocenters. The molecule has 0 spiro atoms. The van der Waals surface area contributed by atoms with Crippen LogP contribution in [-0.4, -0.2) is 47.7 Å². The van der Waals surface area contributed by atoms with Crippen LogP contribution < -0.4 is 10.1 Å². The second-order valence-electron chi connectivity index (χ2n) is 5.88. The van der Waals surface area contributed by atoms with Crippen molar-refractivity contribution in [3.8, 4) is 5.75 Å². The summed E-state index contributed by atoms with van der Waals surface area (Å²) in [5, 5.41) is 10.6. The maximum absolute atomic E-state index is 12.7. The topological polar surface area (TPSA) is 78.9 Å². The van der Waals surface area contributed by atoms with E-state index < -0.39 is 6.09 Å². The number of rotatable bonds is 6. The van der Waals surface area contributed by atoms with E-state index in [1.807, 2.05) is 18.7 Å². The lowest BCUT2D eigenvalue weighted by atomic mass is 9.98. The maximum Gasteiger partial charge on any atom is 0.404 e. The number of carboxylic acid groups (broad SMARTS) is 1. The number of carbonyl (C=O) groups is 2. The van der Waals surface area contributed by atoms with Crippen LogP contribution in [0.4, 0.5) is 9.18 Å². The molecule has 1 aliphatic heterocycles. The molecule has 6 nitrogen and oxygen atoms in total. The summed E-state index contributed by atoms with van der Waals surface area (Å²) in [6, 6.07) is 5.32. The Morgan fingerprint density at radius 2 is 2.25 bits per heavy atom. The summed E-state index contributed by atoms with van der Waals surface area (Å²) in [5.74, 6) is 0.530. The third-order valence-corrected chi connectivity index (χ3v) is 3.86. The normalized spacial score (nSPS) is 14.6. The minimum atomic E-state index is -1.23. The first-order valence-electron chi connectivity index (χ1n) is 7.74. The molecule has 2 amide bonds. The Kier molecular flexibility index (Phi) is 5.78. The number of carbonyl (C=O) groups excluding carboxylic acids is 1. The van der Waals surface area contributed by atoms with E-state index in [-0.39, 0.29) is 30.7 Å². The van der Waals surface area contributed by atoms with Crippen LogP contribution in [0.25, 0.3) is 0 Å². The second-order valence-corrected chi connectivity index (χ2v) is 5.88. The Hall–Kier alpha value is -2.57. The van der Waals surface area contributed by atoms with Crippen LogP contribution >= 0.6 is 0 Å².